The van der Waals surface area contributed by atoms with Crippen molar-refractivity contribution in [1.29, 1.82) is 0 Å². The zero-order valence-corrected chi connectivity index (χ0v) is 13.7. The molecule has 0 radical (unpaired) electrons. The Kier molecular flexibility index (Phi) is 5.02. The summed E-state index contributed by atoms with van der Waals surface area (Å²) in [5.41, 5.74) is -0.554. The van der Waals surface area contributed by atoms with E-state index in [0.717, 1.165) is 0 Å². The zero-order chi connectivity index (χ0) is 17.0. The lowest BCUT2D eigenvalue weighted by Gasteiger charge is -2.26. The van der Waals surface area contributed by atoms with Crippen molar-refractivity contribution in [1.82, 2.24) is 9.88 Å². The molecule has 126 valence electrons. The quantitative estimate of drug-likeness (QED) is 0.614. The van der Waals surface area contributed by atoms with Crippen LogP contribution in [0.15, 0.2) is 18.3 Å². The topological polar surface area (TPSA) is 88.8 Å². The summed E-state index contributed by atoms with van der Waals surface area (Å²) in [6.07, 6.45) is 1.89. The largest absolute Gasteiger partial charge is 0.444 e. The number of carbonyl (C=O) groups excluding carboxylic acids is 1. The van der Waals surface area contributed by atoms with Crippen molar-refractivity contribution in [2.24, 2.45) is 0 Å². The highest BCUT2D eigenvalue weighted by molar-refractivity contribution is 5.68. The van der Waals surface area contributed by atoms with E-state index in [1.165, 1.54) is 6.07 Å². The van der Waals surface area contributed by atoms with Crippen LogP contribution in [-0.2, 0) is 4.74 Å². The van der Waals surface area contributed by atoms with E-state index in [9.17, 15) is 14.9 Å². The average Bonchev–Trinajstić information content (AvgIpc) is 2.71. The Hall–Kier alpha value is -2.38. The standard InChI is InChI=1S/C15H22N4O4/c1-15(2,3)23-14(20)18-9-5-8-17(10-11-18)13-12(19(21)22)6-4-7-16-13/h4,6-7H,5,8-11H2,1-3H3. The van der Waals surface area contributed by atoms with E-state index in [2.05, 4.69) is 4.98 Å². The lowest BCUT2D eigenvalue weighted by molar-refractivity contribution is -0.384. The number of nitrogens with zero attached hydrogens (tertiary/aromatic N) is 4. The molecule has 1 aliphatic rings. The molecule has 1 aromatic heterocycles. The highest BCUT2D eigenvalue weighted by Gasteiger charge is 2.27. The van der Waals surface area contributed by atoms with Gasteiger partial charge in [-0.2, -0.15) is 0 Å². The van der Waals surface area contributed by atoms with Crippen molar-refractivity contribution in [3.63, 3.8) is 0 Å². The molecular weight excluding hydrogens is 300 g/mol. The van der Waals surface area contributed by atoms with E-state index >= 15 is 0 Å². The van der Waals surface area contributed by atoms with Gasteiger partial charge in [-0.05, 0) is 33.3 Å². The summed E-state index contributed by atoms with van der Waals surface area (Å²) in [5, 5.41) is 11.1. The molecule has 0 aliphatic carbocycles. The highest BCUT2D eigenvalue weighted by Crippen LogP contribution is 2.25. The number of pyridine rings is 1. The summed E-state index contributed by atoms with van der Waals surface area (Å²) < 4.78 is 5.38. The molecule has 0 atom stereocenters. The number of hydrogen-bond donors (Lipinski definition) is 0. The third-order valence-corrected chi connectivity index (χ3v) is 3.41. The summed E-state index contributed by atoms with van der Waals surface area (Å²) in [6, 6.07) is 2.99. The van der Waals surface area contributed by atoms with Crippen LogP contribution in [0, 0.1) is 10.1 Å². The normalized spacial score (nSPS) is 16.0. The van der Waals surface area contributed by atoms with E-state index in [0.29, 0.717) is 38.4 Å². The molecule has 0 saturated carbocycles. The molecule has 1 saturated heterocycles. The van der Waals surface area contributed by atoms with Gasteiger partial charge in [0.05, 0.1) is 4.92 Å². The Morgan fingerprint density at radius 2 is 2.04 bits per heavy atom. The number of hydrogen-bond acceptors (Lipinski definition) is 6. The van der Waals surface area contributed by atoms with Crippen molar-refractivity contribution in [3.8, 4) is 0 Å². The van der Waals surface area contributed by atoms with Gasteiger partial charge in [-0.25, -0.2) is 9.78 Å². The number of ether oxygens (including phenoxy) is 1. The van der Waals surface area contributed by atoms with Crippen LogP contribution >= 0.6 is 0 Å². The maximum Gasteiger partial charge on any atom is 0.410 e. The fraction of sp³-hybridized carbons (Fsp3) is 0.600. The maximum absolute atomic E-state index is 12.1. The summed E-state index contributed by atoms with van der Waals surface area (Å²) in [6.45, 7) is 7.58. The molecular formula is C15H22N4O4. The predicted octanol–water partition coefficient (Wildman–Crippen LogP) is 2.44. The summed E-state index contributed by atoms with van der Waals surface area (Å²) in [7, 11) is 0. The van der Waals surface area contributed by atoms with Gasteiger partial charge in [0.1, 0.15) is 5.60 Å². The number of amides is 1. The molecule has 0 bridgehead atoms. The first kappa shape index (κ1) is 17.0. The molecule has 0 aromatic carbocycles. The van der Waals surface area contributed by atoms with E-state index < -0.39 is 10.5 Å². The predicted molar refractivity (Wildman–Crippen MR) is 85.5 cm³/mol. The lowest BCUT2D eigenvalue weighted by atomic mass is 10.2. The van der Waals surface area contributed by atoms with Gasteiger partial charge in [0.25, 0.3) is 0 Å². The number of rotatable bonds is 2. The second kappa shape index (κ2) is 6.80. The monoisotopic (exact) mass is 322 g/mol. The molecule has 2 heterocycles. The summed E-state index contributed by atoms with van der Waals surface area (Å²) >= 11 is 0. The molecule has 1 aromatic rings. The molecule has 0 spiro atoms. The molecule has 8 nitrogen and oxygen atoms in total. The third-order valence-electron chi connectivity index (χ3n) is 3.41. The molecule has 0 unspecified atom stereocenters. The minimum absolute atomic E-state index is 0.0155. The Morgan fingerprint density at radius 3 is 2.70 bits per heavy atom. The molecule has 23 heavy (non-hydrogen) atoms. The van der Waals surface area contributed by atoms with Crippen molar-refractivity contribution >= 4 is 17.6 Å². The smallest absolute Gasteiger partial charge is 0.410 e. The van der Waals surface area contributed by atoms with Crippen LogP contribution in [0.5, 0.6) is 0 Å². The number of anilines is 1. The Balaban J connectivity index is 2.07. The molecule has 2 rings (SSSR count). The molecule has 0 N–H and O–H groups in total. The van der Waals surface area contributed by atoms with Crippen molar-refractivity contribution in [3.05, 3.63) is 28.4 Å². The molecule has 1 fully saturated rings. The van der Waals surface area contributed by atoms with E-state index in [4.69, 9.17) is 4.74 Å². The Labute approximate surface area is 135 Å². The fourth-order valence-corrected chi connectivity index (χ4v) is 2.41. The van der Waals surface area contributed by atoms with Gasteiger partial charge in [-0.3, -0.25) is 10.1 Å². The minimum atomic E-state index is -0.539. The third kappa shape index (κ3) is 4.54. The van der Waals surface area contributed by atoms with Crippen LogP contribution < -0.4 is 4.90 Å². The first-order valence-electron chi connectivity index (χ1n) is 7.60. The van der Waals surface area contributed by atoms with Crippen LogP contribution in [0.3, 0.4) is 0 Å². The average molecular weight is 322 g/mol. The van der Waals surface area contributed by atoms with E-state index in [1.54, 1.807) is 17.2 Å². The second-order valence-corrected chi connectivity index (χ2v) is 6.41. The van der Waals surface area contributed by atoms with E-state index in [1.807, 2.05) is 25.7 Å². The van der Waals surface area contributed by atoms with Crippen molar-refractivity contribution < 1.29 is 14.5 Å². The van der Waals surface area contributed by atoms with Gasteiger partial charge in [0.2, 0.25) is 5.82 Å². The van der Waals surface area contributed by atoms with Gasteiger partial charge < -0.3 is 14.5 Å². The van der Waals surface area contributed by atoms with Crippen LogP contribution in [0.2, 0.25) is 0 Å². The first-order valence-corrected chi connectivity index (χ1v) is 7.60. The van der Waals surface area contributed by atoms with Crippen molar-refractivity contribution in [2.45, 2.75) is 32.8 Å². The van der Waals surface area contributed by atoms with Gasteiger partial charge in [-0.1, -0.05) is 0 Å². The van der Waals surface area contributed by atoms with Gasteiger partial charge in [0.15, 0.2) is 0 Å². The van der Waals surface area contributed by atoms with E-state index in [-0.39, 0.29) is 11.8 Å². The van der Waals surface area contributed by atoms with Gasteiger partial charge in [0, 0.05) is 38.4 Å². The highest BCUT2D eigenvalue weighted by atomic mass is 16.6. The Morgan fingerprint density at radius 1 is 1.30 bits per heavy atom. The van der Waals surface area contributed by atoms with Gasteiger partial charge in [-0.15, -0.1) is 0 Å². The molecule has 1 aliphatic heterocycles. The van der Waals surface area contributed by atoms with Crippen LogP contribution in [0.1, 0.15) is 27.2 Å². The summed E-state index contributed by atoms with van der Waals surface area (Å²) in [4.78, 5) is 30.5. The number of carbonyl (C=O) groups is 1. The van der Waals surface area contributed by atoms with Crippen LogP contribution in [0.4, 0.5) is 16.3 Å². The number of nitro groups is 1. The van der Waals surface area contributed by atoms with Crippen molar-refractivity contribution in [2.75, 3.05) is 31.1 Å². The zero-order valence-electron chi connectivity index (χ0n) is 13.7. The van der Waals surface area contributed by atoms with Gasteiger partial charge >= 0.3 is 11.8 Å². The van der Waals surface area contributed by atoms with Crippen LogP contribution in [0.25, 0.3) is 0 Å². The molecule has 8 heteroatoms. The minimum Gasteiger partial charge on any atom is -0.444 e. The first-order chi connectivity index (χ1) is 10.8. The molecule has 1 amide bonds. The maximum atomic E-state index is 12.1. The number of aromatic nitrogens is 1. The fourth-order valence-electron chi connectivity index (χ4n) is 2.41. The Bertz CT molecular complexity index is 585. The van der Waals surface area contributed by atoms with Crippen LogP contribution in [-0.4, -0.2) is 52.7 Å². The summed E-state index contributed by atoms with van der Waals surface area (Å²) in [5.74, 6) is 0.350. The SMILES string of the molecule is CC(C)(C)OC(=O)N1CCCN(c2ncccc2[N+](=O)[O-])CC1. The second-order valence-electron chi connectivity index (χ2n) is 6.41. The lowest BCUT2D eigenvalue weighted by Crippen LogP contribution is -2.39.